The number of unbranched alkanes of at least 4 members (excludes halogenated alkanes) is 27. The van der Waals surface area contributed by atoms with E-state index in [0.29, 0.717) is 32.3 Å². The minimum Gasteiger partial charge on any atom is -0.466 e. The lowest BCUT2D eigenvalue weighted by molar-refractivity contribution is -0.143. The first-order valence-electron chi connectivity index (χ1n) is 25.4. The highest BCUT2D eigenvalue weighted by Gasteiger charge is 2.19. The molecule has 0 aromatic carbocycles. The van der Waals surface area contributed by atoms with Crippen molar-refractivity contribution in [1.82, 2.24) is 5.32 Å². The topological polar surface area (TPSA) is 95.9 Å². The number of ether oxygens (including phenoxy) is 1. The van der Waals surface area contributed by atoms with Crippen molar-refractivity contribution in [2.45, 2.75) is 264 Å². The van der Waals surface area contributed by atoms with Crippen LogP contribution in [0, 0.1) is 0 Å². The van der Waals surface area contributed by atoms with E-state index in [0.717, 1.165) is 57.8 Å². The van der Waals surface area contributed by atoms with Crippen LogP contribution in [0.4, 0.5) is 0 Å². The highest BCUT2D eigenvalue weighted by Crippen LogP contribution is 2.15. The summed E-state index contributed by atoms with van der Waals surface area (Å²) in [6.45, 7) is 4.83. The van der Waals surface area contributed by atoms with Gasteiger partial charge in [0.1, 0.15) is 0 Å². The van der Waals surface area contributed by atoms with Crippen LogP contribution in [0.5, 0.6) is 0 Å². The molecule has 0 aliphatic heterocycles. The summed E-state index contributed by atoms with van der Waals surface area (Å²) in [6, 6.07) is -0.585. The molecular weight excluding hydrogens is 731 g/mol. The lowest BCUT2D eigenvalue weighted by Gasteiger charge is -2.22. The highest BCUT2D eigenvalue weighted by molar-refractivity contribution is 5.76. The molecule has 0 saturated carbocycles. The van der Waals surface area contributed by atoms with E-state index < -0.39 is 12.1 Å². The zero-order valence-corrected chi connectivity index (χ0v) is 39.0. The summed E-state index contributed by atoms with van der Waals surface area (Å²) in [7, 11) is 0. The average Bonchev–Trinajstić information content (AvgIpc) is 3.24. The van der Waals surface area contributed by atoms with Gasteiger partial charge in [-0.15, -0.1) is 0 Å². The Morgan fingerprint density at radius 2 is 0.864 bits per heavy atom. The van der Waals surface area contributed by atoms with E-state index in [4.69, 9.17) is 4.74 Å². The van der Waals surface area contributed by atoms with Crippen molar-refractivity contribution in [2.75, 3.05) is 13.2 Å². The maximum Gasteiger partial charge on any atom is 0.305 e. The molecule has 0 radical (unpaired) electrons. The monoisotopic (exact) mass is 828 g/mol. The number of aliphatic hydroxyl groups is 2. The quantitative estimate of drug-likeness (QED) is 0.0323. The number of aliphatic hydroxyl groups excluding tert-OH is 2. The largest absolute Gasteiger partial charge is 0.466 e. The molecule has 2 atom stereocenters. The minimum absolute atomic E-state index is 0.0219. The molecule has 0 aliphatic carbocycles. The van der Waals surface area contributed by atoms with Gasteiger partial charge in [0.2, 0.25) is 5.91 Å². The molecular formula is C53H97NO5. The van der Waals surface area contributed by atoms with Crippen molar-refractivity contribution in [3.63, 3.8) is 0 Å². The van der Waals surface area contributed by atoms with Crippen molar-refractivity contribution in [2.24, 2.45) is 0 Å². The van der Waals surface area contributed by atoms with Crippen LogP contribution in [0.2, 0.25) is 0 Å². The van der Waals surface area contributed by atoms with Crippen molar-refractivity contribution in [1.29, 1.82) is 0 Å². The number of amides is 1. The van der Waals surface area contributed by atoms with Crippen LogP contribution in [-0.2, 0) is 14.3 Å². The number of hydrogen-bond acceptors (Lipinski definition) is 5. The average molecular weight is 828 g/mol. The molecule has 6 nitrogen and oxygen atoms in total. The number of rotatable bonds is 46. The van der Waals surface area contributed by atoms with Gasteiger partial charge in [0.25, 0.3) is 0 Å². The smallest absolute Gasteiger partial charge is 0.305 e. The third kappa shape index (κ3) is 45.2. The van der Waals surface area contributed by atoms with Gasteiger partial charge in [-0.25, -0.2) is 0 Å². The van der Waals surface area contributed by atoms with E-state index in [-0.39, 0.29) is 18.5 Å². The van der Waals surface area contributed by atoms with E-state index in [2.05, 4.69) is 61.7 Å². The van der Waals surface area contributed by atoms with Gasteiger partial charge in [-0.2, -0.15) is 0 Å². The van der Waals surface area contributed by atoms with E-state index >= 15 is 0 Å². The first-order valence-corrected chi connectivity index (χ1v) is 25.4. The Balaban J connectivity index is 3.52. The molecule has 0 aromatic rings. The Kier molecular flexibility index (Phi) is 46.7. The van der Waals surface area contributed by atoms with E-state index in [1.807, 2.05) is 6.08 Å². The van der Waals surface area contributed by atoms with Crippen LogP contribution < -0.4 is 5.32 Å². The summed E-state index contributed by atoms with van der Waals surface area (Å²) < 4.78 is 5.46. The summed E-state index contributed by atoms with van der Waals surface area (Å²) in [6.07, 6.45) is 59.5. The molecule has 59 heavy (non-hydrogen) atoms. The van der Waals surface area contributed by atoms with Crippen molar-refractivity contribution in [3.8, 4) is 0 Å². The number of nitrogens with one attached hydrogen (secondary N) is 1. The van der Waals surface area contributed by atoms with Crippen molar-refractivity contribution in [3.05, 3.63) is 48.6 Å². The molecule has 344 valence electrons. The first kappa shape index (κ1) is 56.8. The van der Waals surface area contributed by atoms with Gasteiger partial charge in [-0.05, 0) is 77.0 Å². The maximum atomic E-state index is 12.4. The van der Waals surface area contributed by atoms with E-state index in [1.165, 1.54) is 154 Å². The van der Waals surface area contributed by atoms with Crippen LogP contribution in [0.3, 0.4) is 0 Å². The third-order valence-corrected chi connectivity index (χ3v) is 11.4. The second kappa shape index (κ2) is 48.5. The normalized spacial score (nSPS) is 13.1. The zero-order valence-electron chi connectivity index (χ0n) is 39.0. The number of carbonyl (C=O) groups is 2. The van der Waals surface area contributed by atoms with Gasteiger partial charge in [0.05, 0.1) is 25.4 Å². The Morgan fingerprint density at radius 3 is 1.36 bits per heavy atom. The fourth-order valence-electron chi connectivity index (χ4n) is 7.42. The summed E-state index contributed by atoms with van der Waals surface area (Å²) in [4.78, 5) is 24.4. The number of allylic oxidation sites excluding steroid dienone is 8. The molecule has 0 spiro atoms. The maximum absolute atomic E-state index is 12.4. The predicted octanol–water partition coefficient (Wildman–Crippen LogP) is 15.1. The molecule has 3 N–H and O–H groups in total. The van der Waals surface area contributed by atoms with Crippen LogP contribution >= 0.6 is 0 Å². The molecule has 2 unspecified atom stereocenters. The fraction of sp³-hybridized carbons (Fsp3) is 0.811. The van der Waals surface area contributed by atoms with Crippen molar-refractivity contribution < 1.29 is 24.5 Å². The van der Waals surface area contributed by atoms with Crippen LogP contribution in [0.25, 0.3) is 0 Å². The molecule has 0 saturated heterocycles. The van der Waals surface area contributed by atoms with E-state index in [1.54, 1.807) is 0 Å². The molecule has 1 amide bonds. The molecule has 0 bridgehead atoms. The summed E-state index contributed by atoms with van der Waals surface area (Å²) >= 11 is 0. The van der Waals surface area contributed by atoms with Gasteiger partial charge in [-0.1, -0.05) is 210 Å². The number of hydrogen-bond donors (Lipinski definition) is 3. The second-order valence-electron chi connectivity index (χ2n) is 17.1. The minimum atomic E-state index is -0.698. The first-order chi connectivity index (χ1) is 29.0. The molecule has 6 heteroatoms. The van der Waals surface area contributed by atoms with Crippen LogP contribution in [0.1, 0.15) is 251 Å². The third-order valence-electron chi connectivity index (χ3n) is 11.4. The molecule has 0 aliphatic rings. The zero-order chi connectivity index (χ0) is 43.0. The lowest BCUT2D eigenvalue weighted by Crippen LogP contribution is -2.45. The van der Waals surface area contributed by atoms with Gasteiger partial charge in [-0.3, -0.25) is 9.59 Å². The second-order valence-corrected chi connectivity index (χ2v) is 17.1. The van der Waals surface area contributed by atoms with Gasteiger partial charge < -0.3 is 20.3 Å². The summed E-state index contributed by atoms with van der Waals surface area (Å²) in [5, 5.41) is 23.0. The van der Waals surface area contributed by atoms with Crippen LogP contribution in [-0.4, -0.2) is 47.4 Å². The highest BCUT2D eigenvalue weighted by atomic mass is 16.5. The molecule has 0 aromatic heterocycles. The Morgan fingerprint density at radius 1 is 0.475 bits per heavy atom. The Labute approximate surface area is 366 Å². The SMILES string of the molecule is CCCCC/C=C\C/C=C\CCCCCCCCCCCC(=O)OCCCCCCCC/C=C\C/C=C\CCC(=O)NC(CO)C(O)CCCCCCCCCCCC. The van der Waals surface area contributed by atoms with E-state index in [9.17, 15) is 19.8 Å². The molecule has 0 heterocycles. The lowest BCUT2D eigenvalue weighted by atomic mass is 10.0. The Bertz CT molecular complexity index is 1000. The van der Waals surface area contributed by atoms with Gasteiger partial charge in [0, 0.05) is 12.8 Å². The summed E-state index contributed by atoms with van der Waals surface area (Å²) in [5.41, 5.74) is 0. The number of carbonyl (C=O) groups excluding carboxylic acids is 2. The molecule has 0 fully saturated rings. The predicted molar refractivity (Wildman–Crippen MR) is 255 cm³/mol. The molecule has 0 rings (SSSR count). The Hall–Kier alpha value is -2.18. The standard InChI is InChI=1S/C53H97NO5/c1-3-5-7-9-11-13-15-16-17-18-19-20-21-24-27-31-35-39-43-47-53(58)59-48-44-40-36-32-28-25-22-23-26-30-34-38-42-46-52(57)54-50(49-55)51(56)45-41-37-33-29-14-12-10-8-6-4-2/h11,13,16-17,23,26,34,38,50-51,55-56H,3-10,12,14-15,18-22,24-25,27-33,35-37,39-49H2,1-2H3,(H,54,57)/b13-11-,17-16-,26-23-,38-34-. The fourth-order valence-corrected chi connectivity index (χ4v) is 7.42. The van der Waals surface area contributed by atoms with Crippen LogP contribution in [0.15, 0.2) is 48.6 Å². The van der Waals surface area contributed by atoms with Gasteiger partial charge in [0.15, 0.2) is 0 Å². The van der Waals surface area contributed by atoms with Crippen molar-refractivity contribution >= 4 is 11.9 Å². The number of esters is 1. The van der Waals surface area contributed by atoms with Gasteiger partial charge >= 0.3 is 5.97 Å². The summed E-state index contributed by atoms with van der Waals surface area (Å²) in [5.74, 6) is -0.141.